The molecular formula is C14H12ClFN2O3S. The van der Waals surface area contributed by atoms with Gasteiger partial charge in [0.05, 0.1) is 5.02 Å². The molecule has 1 heterocycles. The summed E-state index contributed by atoms with van der Waals surface area (Å²) in [5.74, 6) is -1.36. The normalized spacial score (nSPS) is 11.3. The number of benzene rings is 1. The lowest BCUT2D eigenvalue weighted by atomic mass is 10.1. The number of carbonyl (C=O) groups is 1. The van der Waals surface area contributed by atoms with Gasteiger partial charge in [-0.25, -0.2) is 14.2 Å². The van der Waals surface area contributed by atoms with E-state index >= 15 is 0 Å². The van der Waals surface area contributed by atoms with Gasteiger partial charge in [0.15, 0.2) is 5.88 Å². The number of aromatic nitrogens is 2. The molecule has 8 heteroatoms. The highest BCUT2D eigenvalue weighted by atomic mass is 35.5. The zero-order chi connectivity index (χ0) is 16.5. The van der Waals surface area contributed by atoms with Gasteiger partial charge in [0.2, 0.25) is 5.60 Å². The quantitative estimate of drug-likeness (QED) is 0.826. The Morgan fingerprint density at radius 2 is 2.14 bits per heavy atom. The largest absolute Gasteiger partial charge is 0.478 e. The van der Waals surface area contributed by atoms with E-state index in [1.54, 1.807) is 6.07 Å². The van der Waals surface area contributed by atoms with Gasteiger partial charge in [-0.3, -0.25) is 0 Å². The van der Waals surface area contributed by atoms with Crippen LogP contribution < -0.4 is 4.74 Å². The zero-order valence-electron chi connectivity index (χ0n) is 11.7. The predicted octanol–water partition coefficient (Wildman–Crippen LogP) is 3.84. The van der Waals surface area contributed by atoms with Crippen LogP contribution in [0.1, 0.15) is 13.8 Å². The van der Waals surface area contributed by atoms with Crippen molar-refractivity contribution in [3.05, 3.63) is 39.7 Å². The molecule has 0 amide bonds. The number of hydrogen-bond donors (Lipinski definition) is 2. The molecule has 1 aromatic carbocycles. The van der Waals surface area contributed by atoms with Crippen LogP contribution in [0.4, 0.5) is 4.39 Å². The first kappa shape index (κ1) is 16.4. The van der Waals surface area contributed by atoms with Crippen LogP contribution in [0.15, 0.2) is 24.3 Å². The van der Waals surface area contributed by atoms with Crippen molar-refractivity contribution in [2.75, 3.05) is 0 Å². The maximum absolute atomic E-state index is 13.5. The number of carboxylic acid groups (broad SMARTS) is 1. The van der Waals surface area contributed by atoms with Crippen molar-refractivity contribution in [1.29, 1.82) is 0 Å². The minimum Gasteiger partial charge on any atom is -0.478 e. The van der Waals surface area contributed by atoms with E-state index < -0.39 is 17.4 Å². The molecule has 0 saturated heterocycles. The average Bonchev–Trinajstić information content (AvgIpc) is 2.40. The highest BCUT2D eigenvalue weighted by Gasteiger charge is 2.29. The van der Waals surface area contributed by atoms with Crippen LogP contribution in [-0.2, 0) is 4.79 Å². The first-order valence-corrected chi connectivity index (χ1v) is 6.97. The third-order valence-electron chi connectivity index (χ3n) is 2.79. The molecule has 116 valence electrons. The molecule has 0 radical (unpaired) electrons. The fourth-order valence-corrected chi connectivity index (χ4v) is 1.90. The molecule has 0 spiro atoms. The zero-order valence-corrected chi connectivity index (χ0v) is 13.3. The van der Waals surface area contributed by atoms with E-state index in [1.165, 1.54) is 32.0 Å². The van der Waals surface area contributed by atoms with Gasteiger partial charge in [-0.2, -0.15) is 0 Å². The Labute approximate surface area is 135 Å². The molecule has 0 saturated carbocycles. The number of nitrogens with zero attached hydrogens (tertiary/aromatic N) is 1. The average molecular weight is 343 g/mol. The second kappa shape index (κ2) is 6.02. The third-order valence-corrected chi connectivity index (χ3v) is 3.31. The van der Waals surface area contributed by atoms with Crippen LogP contribution in [0.2, 0.25) is 5.02 Å². The Bertz CT molecular complexity index is 792. The molecule has 2 N–H and O–H groups in total. The van der Waals surface area contributed by atoms with E-state index in [0.29, 0.717) is 5.56 Å². The van der Waals surface area contributed by atoms with Crippen molar-refractivity contribution < 1.29 is 19.0 Å². The lowest BCUT2D eigenvalue weighted by Gasteiger charge is -2.21. The predicted molar refractivity (Wildman–Crippen MR) is 82.2 cm³/mol. The van der Waals surface area contributed by atoms with Gasteiger partial charge in [-0.05, 0) is 32.0 Å². The van der Waals surface area contributed by atoms with Crippen LogP contribution in [-0.4, -0.2) is 26.6 Å². The van der Waals surface area contributed by atoms with Crippen LogP contribution >= 0.6 is 23.8 Å². The second-order valence-electron chi connectivity index (χ2n) is 4.98. The van der Waals surface area contributed by atoms with Gasteiger partial charge < -0.3 is 14.8 Å². The summed E-state index contributed by atoms with van der Waals surface area (Å²) in [6.45, 7) is 2.79. The molecular weight excluding hydrogens is 331 g/mol. The number of aromatic amines is 1. The summed E-state index contributed by atoms with van der Waals surface area (Å²) in [6.07, 6.45) is 0. The lowest BCUT2D eigenvalue weighted by Crippen LogP contribution is -2.38. The number of carboxylic acids is 1. The second-order valence-corrected chi connectivity index (χ2v) is 5.80. The Kier molecular flexibility index (Phi) is 4.48. The van der Waals surface area contributed by atoms with Crippen molar-refractivity contribution in [3.63, 3.8) is 0 Å². The summed E-state index contributed by atoms with van der Waals surface area (Å²) < 4.78 is 19.1. The maximum atomic E-state index is 13.5. The van der Waals surface area contributed by atoms with Crippen LogP contribution in [0.5, 0.6) is 5.88 Å². The molecule has 2 rings (SSSR count). The summed E-state index contributed by atoms with van der Waals surface area (Å²) in [7, 11) is 0. The molecule has 0 aliphatic carbocycles. The van der Waals surface area contributed by atoms with E-state index in [-0.39, 0.29) is 21.4 Å². The number of hydrogen-bond acceptors (Lipinski definition) is 4. The van der Waals surface area contributed by atoms with E-state index in [9.17, 15) is 9.18 Å². The van der Waals surface area contributed by atoms with Crippen molar-refractivity contribution in [2.24, 2.45) is 0 Å². The summed E-state index contributed by atoms with van der Waals surface area (Å²) >= 11 is 10.7. The molecule has 1 aromatic heterocycles. The van der Waals surface area contributed by atoms with Crippen LogP contribution in [0, 0.1) is 10.5 Å². The van der Waals surface area contributed by atoms with Crippen molar-refractivity contribution in [2.45, 2.75) is 19.4 Å². The fraction of sp³-hybridized carbons (Fsp3) is 0.214. The first-order chi connectivity index (χ1) is 10.2. The molecule has 0 atom stereocenters. The summed E-state index contributed by atoms with van der Waals surface area (Å²) in [4.78, 5) is 18.0. The van der Waals surface area contributed by atoms with E-state index in [0.717, 1.165) is 0 Å². The Morgan fingerprint density at radius 1 is 1.45 bits per heavy atom. The van der Waals surface area contributed by atoms with E-state index in [4.69, 9.17) is 33.7 Å². The van der Waals surface area contributed by atoms with Crippen molar-refractivity contribution >= 4 is 29.8 Å². The smallest absolute Gasteiger partial charge is 0.347 e. The molecule has 0 aliphatic heterocycles. The van der Waals surface area contributed by atoms with E-state index in [1.807, 2.05) is 0 Å². The molecule has 0 aliphatic rings. The Hall–Kier alpha value is -1.99. The van der Waals surface area contributed by atoms with Gasteiger partial charge in [0.25, 0.3) is 0 Å². The first-order valence-electron chi connectivity index (χ1n) is 6.18. The van der Waals surface area contributed by atoms with Gasteiger partial charge in [-0.15, -0.1) is 0 Å². The number of H-pyrrole nitrogens is 1. The number of ether oxygens (including phenoxy) is 1. The molecule has 0 unspecified atom stereocenters. The van der Waals surface area contributed by atoms with Crippen LogP contribution in [0.25, 0.3) is 11.4 Å². The number of aliphatic carboxylic acids is 1. The number of nitrogens with one attached hydrogen (secondary N) is 1. The van der Waals surface area contributed by atoms with Crippen molar-refractivity contribution in [3.8, 4) is 17.3 Å². The minimum absolute atomic E-state index is 0.0123. The third kappa shape index (κ3) is 3.61. The van der Waals surface area contributed by atoms with Gasteiger partial charge >= 0.3 is 5.97 Å². The summed E-state index contributed by atoms with van der Waals surface area (Å²) in [5, 5.41) is 9.07. The van der Waals surface area contributed by atoms with Crippen molar-refractivity contribution in [1.82, 2.24) is 9.97 Å². The standard InChI is InChI=1S/C14H12ClFN2O3S/c1-14(2,13(19)20)21-10-6-11(22)18-12(17-10)7-3-4-8(15)9(16)5-7/h3-6H,1-2H3,(H,19,20)(H,17,18,22). The van der Waals surface area contributed by atoms with Crippen LogP contribution in [0.3, 0.4) is 0 Å². The number of halogens is 2. The Balaban J connectivity index is 2.45. The highest BCUT2D eigenvalue weighted by Crippen LogP contribution is 2.24. The highest BCUT2D eigenvalue weighted by molar-refractivity contribution is 7.71. The van der Waals surface area contributed by atoms with Gasteiger partial charge in [0, 0.05) is 11.6 Å². The maximum Gasteiger partial charge on any atom is 0.347 e. The summed E-state index contributed by atoms with van der Waals surface area (Å²) in [5.41, 5.74) is -1.05. The summed E-state index contributed by atoms with van der Waals surface area (Å²) in [6, 6.07) is 5.53. The van der Waals surface area contributed by atoms with E-state index in [2.05, 4.69) is 9.97 Å². The fourth-order valence-electron chi connectivity index (χ4n) is 1.59. The molecule has 2 aromatic rings. The minimum atomic E-state index is -1.46. The Morgan fingerprint density at radius 3 is 2.73 bits per heavy atom. The number of rotatable bonds is 4. The molecule has 5 nitrogen and oxygen atoms in total. The van der Waals surface area contributed by atoms with Gasteiger partial charge in [0.1, 0.15) is 16.3 Å². The molecule has 0 bridgehead atoms. The van der Waals surface area contributed by atoms with Gasteiger partial charge in [-0.1, -0.05) is 23.8 Å². The topological polar surface area (TPSA) is 75.2 Å². The SMILES string of the molecule is CC(C)(Oc1cc(=S)nc(-c2ccc(Cl)c(F)c2)[nH]1)C(=O)O. The lowest BCUT2D eigenvalue weighted by molar-refractivity contribution is -0.152. The monoisotopic (exact) mass is 342 g/mol. The molecule has 0 fully saturated rings. The molecule has 22 heavy (non-hydrogen) atoms.